The number of nitrogens with zero attached hydrogens (tertiary/aromatic N) is 1. The van der Waals surface area contributed by atoms with Crippen LogP contribution >= 0.6 is 0 Å². The van der Waals surface area contributed by atoms with Gasteiger partial charge in [-0.25, -0.2) is 18.4 Å². The van der Waals surface area contributed by atoms with Gasteiger partial charge in [-0.3, -0.25) is 4.79 Å². The molecule has 2 amide bonds. The minimum Gasteiger partial charge on any atom is -0.480 e. The van der Waals surface area contributed by atoms with E-state index in [9.17, 15) is 28.3 Å². The Balaban J connectivity index is 1.39. The lowest BCUT2D eigenvalue weighted by atomic mass is 9.98. The van der Waals surface area contributed by atoms with Crippen LogP contribution in [0.4, 0.5) is 13.6 Å². The number of nitrogens with one attached hydrogen (secondary N) is 1. The zero-order chi connectivity index (χ0) is 25.3. The van der Waals surface area contributed by atoms with Gasteiger partial charge >= 0.3 is 12.1 Å². The van der Waals surface area contributed by atoms with Gasteiger partial charge < -0.3 is 20.1 Å². The van der Waals surface area contributed by atoms with Crippen LogP contribution in [0.5, 0.6) is 0 Å². The number of carboxylic acids is 1. The van der Waals surface area contributed by atoms with Crippen molar-refractivity contribution < 1.29 is 33.0 Å². The number of rotatable bonds is 7. The molecule has 0 radical (unpaired) electrons. The van der Waals surface area contributed by atoms with E-state index in [1.165, 1.54) is 0 Å². The molecule has 0 bridgehead atoms. The first-order valence-corrected chi connectivity index (χ1v) is 11.6. The Labute approximate surface area is 202 Å². The molecule has 1 fully saturated rings. The summed E-state index contributed by atoms with van der Waals surface area (Å²) in [6.07, 6.45) is -1.94. The standard InChI is InChI=1S/C26H28F2N2O5/c1-15(2)21(11-23(31)30-14-26(27,28)12-22(30)24(32)33)29-25(34)35-13-20-18-9-5-3-7-16(18)17-8-4-6-10-19(17)20/h3-10,15,20-22H,11-14H2,1-2H3,(H,29,34)(H,32,33)/t21?,22-/m1/s1. The molecule has 186 valence electrons. The van der Waals surface area contributed by atoms with E-state index in [2.05, 4.69) is 5.32 Å². The van der Waals surface area contributed by atoms with Crippen molar-refractivity contribution in [1.29, 1.82) is 0 Å². The number of hydrogen-bond donors (Lipinski definition) is 2. The molecule has 1 unspecified atom stereocenters. The fourth-order valence-corrected chi connectivity index (χ4v) is 4.85. The van der Waals surface area contributed by atoms with E-state index >= 15 is 0 Å². The lowest BCUT2D eigenvalue weighted by molar-refractivity contribution is -0.148. The number of aliphatic carboxylic acids is 1. The van der Waals surface area contributed by atoms with Gasteiger partial charge in [-0.05, 0) is 28.2 Å². The number of alkyl carbamates (subject to hydrolysis) is 1. The van der Waals surface area contributed by atoms with E-state index in [1.54, 1.807) is 13.8 Å². The van der Waals surface area contributed by atoms with Crippen molar-refractivity contribution in [3.63, 3.8) is 0 Å². The quantitative estimate of drug-likeness (QED) is 0.610. The fourth-order valence-electron chi connectivity index (χ4n) is 4.85. The number of hydrogen-bond acceptors (Lipinski definition) is 4. The Morgan fingerprint density at radius 1 is 1.09 bits per heavy atom. The number of benzene rings is 2. The molecule has 35 heavy (non-hydrogen) atoms. The number of fused-ring (bicyclic) bond motifs is 3. The van der Waals surface area contributed by atoms with Crippen molar-refractivity contribution in [2.45, 2.75) is 50.6 Å². The molecular formula is C26H28F2N2O5. The van der Waals surface area contributed by atoms with E-state index in [-0.39, 0.29) is 24.9 Å². The average molecular weight is 487 g/mol. The van der Waals surface area contributed by atoms with Gasteiger partial charge in [-0.15, -0.1) is 0 Å². The van der Waals surface area contributed by atoms with Gasteiger partial charge in [0.25, 0.3) is 5.92 Å². The average Bonchev–Trinajstić information content (AvgIpc) is 3.31. The Bertz CT molecular complexity index is 1090. The first-order chi connectivity index (χ1) is 16.6. The summed E-state index contributed by atoms with van der Waals surface area (Å²) in [6, 6.07) is 13.6. The number of carboxylic acid groups (broad SMARTS) is 1. The summed E-state index contributed by atoms with van der Waals surface area (Å²) in [5.74, 6) is -5.82. The first kappa shape index (κ1) is 24.6. The Kier molecular flexibility index (Phi) is 6.78. The Hall–Kier alpha value is -3.49. The molecule has 1 aliphatic carbocycles. The number of likely N-dealkylation sites (tertiary alicyclic amines) is 1. The van der Waals surface area contributed by atoms with Gasteiger partial charge in [-0.2, -0.15) is 0 Å². The summed E-state index contributed by atoms with van der Waals surface area (Å²) in [5.41, 5.74) is 4.31. The maximum absolute atomic E-state index is 13.8. The maximum Gasteiger partial charge on any atom is 0.407 e. The predicted molar refractivity (Wildman–Crippen MR) is 124 cm³/mol. The molecule has 2 aromatic carbocycles. The number of alkyl halides is 2. The zero-order valence-corrected chi connectivity index (χ0v) is 19.5. The summed E-state index contributed by atoms with van der Waals surface area (Å²) in [4.78, 5) is 37.4. The summed E-state index contributed by atoms with van der Waals surface area (Å²) in [6.45, 7) is 2.69. The van der Waals surface area contributed by atoms with Crippen LogP contribution in [-0.4, -0.2) is 59.1 Å². The van der Waals surface area contributed by atoms with Crippen LogP contribution in [0, 0.1) is 5.92 Å². The molecule has 1 aliphatic heterocycles. The van der Waals surface area contributed by atoms with Crippen molar-refractivity contribution in [2.24, 2.45) is 5.92 Å². The third-order valence-corrected chi connectivity index (χ3v) is 6.72. The minimum atomic E-state index is -3.26. The van der Waals surface area contributed by atoms with E-state index < -0.39 is 48.9 Å². The van der Waals surface area contributed by atoms with Crippen LogP contribution in [-0.2, 0) is 14.3 Å². The van der Waals surface area contributed by atoms with Crippen LogP contribution < -0.4 is 5.32 Å². The smallest absolute Gasteiger partial charge is 0.407 e. The maximum atomic E-state index is 13.8. The lowest BCUT2D eigenvalue weighted by Gasteiger charge is -2.26. The molecular weight excluding hydrogens is 458 g/mol. The van der Waals surface area contributed by atoms with E-state index in [1.807, 2.05) is 48.5 Å². The van der Waals surface area contributed by atoms with E-state index in [0.717, 1.165) is 22.3 Å². The number of carbonyl (C=O) groups excluding carboxylic acids is 2. The monoisotopic (exact) mass is 486 g/mol. The highest BCUT2D eigenvalue weighted by molar-refractivity contribution is 5.85. The van der Waals surface area contributed by atoms with Crippen LogP contribution in [0.2, 0.25) is 0 Å². The third kappa shape index (κ3) is 5.13. The van der Waals surface area contributed by atoms with Crippen molar-refractivity contribution >= 4 is 18.0 Å². The molecule has 1 saturated heterocycles. The van der Waals surface area contributed by atoms with Gasteiger partial charge in [0.15, 0.2) is 0 Å². The molecule has 4 rings (SSSR count). The molecule has 2 aliphatic rings. The van der Waals surface area contributed by atoms with Gasteiger partial charge in [-0.1, -0.05) is 62.4 Å². The molecule has 0 aromatic heterocycles. The minimum absolute atomic E-state index is 0.0953. The molecule has 7 nitrogen and oxygen atoms in total. The lowest BCUT2D eigenvalue weighted by Crippen LogP contribution is -2.46. The number of ether oxygens (including phenoxy) is 1. The van der Waals surface area contributed by atoms with E-state index in [4.69, 9.17) is 4.74 Å². The largest absolute Gasteiger partial charge is 0.480 e. The van der Waals surface area contributed by atoms with Crippen LogP contribution in [0.15, 0.2) is 48.5 Å². The first-order valence-electron chi connectivity index (χ1n) is 11.6. The second-order valence-electron chi connectivity index (χ2n) is 9.46. The van der Waals surface area contributed by atoms with Crippen LogP contribution in [0.1, 0.15) is 43.7 Å². The molecule has 1 heterocycles. The zero-order valence-electron chi connectivity index (χ0n) is 19.5. The molecule has 0 saturated carbocycles. The molecule has 2 atom stereocenters. The third-order valence-electron chi connectivity index (χ3n) is 6.72. The normalized spacial score (nSPS) is 19.2. The molecule has 0 spiro atoms. The van der Waals surface area contributed by atoms with Gasteiger partial charge in [0.05, 0.1) is 6.54 Å². The molecule has 2 N–H and O–H groups in total. The second-order valence-corrected chi connectivity index (χ2v) is 9.46. The fraction of sp³-hybridized carbons (Fsp3) is 0.423. The highest BCUT2D eigenvalue weighted by Gasteiger charge is 2.50. The van der Waals surface area contributed by atoms with E-state index in [0.29, 0.717) is 4.90 Å². The van der Waals surface area contributed by atoms with Gasteiger partial charge in [0.1, 0.15) is 12.6 Å². The Morgan fingerprint density at radius 2 is 1.66 bits per heavy atom. The van der Waals surface area contributed by atoms with Crippen molar-refractivity contribution in [1.82, 2.24) is 10.2 Å². The number of carbonyl (C=O) groups is 3. The number of halogens is 2. The Morgan fingerprint density at radius 3 is 2.20 bits per heavy atom. The van der Waals surface area contributed by atoms with Crippen molar-refractivity contribution in [2.75, 3.05) is 13.2 Å². The number of amides is 2. The summed E-state index contributed by atoms with van der Waals surface area (Å²) >= 11 is 0. The van der Waals surface area contributed by atoms with Crippen molar-refractivity contribution in [3.05, 3.63) is 59.7 Å². The summed E-state index contributed by atoms with van der Waals surface area (Å²) < 4.78 is 33.1. The second kappa shape index (κ2) is 9.64. The van der Waals surface area contributed by atoms with Crippen LogP contribution in [0.25, 0.3) is 11.1 Å². The highest BCUT2D eigenvalue weighted by Crippen LogP contribution is 2.44. The topological polar surface area (TPSA) is 95.9 Å². The summed E-state index contributed by atoms with van der Waals surface area (Å²) in [5, 5.41) is 11.9. The SMILES string of the molecule is CC(C)C(CC(=O)N1CC(F)(F)C[C@@H]1C(=O)O)NC(=O)OCC1c2ccccc2-c2ccccc21. The molecule has 2 aromatic rings. The van der Waals surface area contributed by atoms with Gasteiger partial charge in [0, 0.05) is 24.8 Å². The predicted octanol–water partition coefficient (Wildman–Crippen LogP) is 4.26. The van der Waals surface area contributed by atoms with Crippen LogP contribution in [0.3, 0.4) is 0 Å². The van der Waals surface area contributed by atoms with Crippen molar-refractivity contribution in [3.8, 4) is 11.1 Å². The summed E-state index contributed by atoms with van der Waals surface area (Å²) in [7, 11) is 0. The van der Waals surface area contributed by atoms with Gasteiger partial charge in [0.2, 0.25) is 5.91 Å². The highest BCUT2D eigenvalue weighted by atomic mass is 19.3. The molecule has 9 heteroatoms.